The second-order valence-corrected chi connectivity index (χ2v) is 11.9. The van der Waals surface area contributed by atoms with Crippen LogP contribution in [0.15, 0.2) is 111 Å². The molecule has 2 N–H and O–H groups in total. The Hall–Kier alpha value is -3.53. The van der Waals surface area contributed by atoms with Gasteiger partial charge in [0.05, 0.1) is 6.61 Å². The zero-order chi connectivity index (χ0) is 30.2. The number of nitrogens with zero attached hydrogens (tertiary/aromatic N) is 1. The summed E-state index contributed by atoms with van der Waals surface area (Å²) in [5.74, 6) is 0.362. The molecule has 4 aromatic carbocycles. The number of aliphatic imine (C=N–C) groups is 1. The van der Waals surface area contributed by atoms with E-state index in [4.69, 9.17) is 19.6 Å². The predicted octanol–water partition coefficient (Wildman–Crippen LogP) is 6.97. The van der Waals surface area contributed by atoms with Gasteiger partial charge in [0, 0.05) is 46.1 Å². The number of amides is 1. The zero-order valence-electron chi connectivity index (χ0n) is 23.3. The average Bonchev–Trinajstić information content (AvgIpc) is 3.40. The van der Waals surface area contributed by atoms with Gasteiger partial charge in [-0.1, -0.05) is 86.5 Å². The van der Waals surface area contributed by atoms with E-state index in [9.17, 15) is 9.18 Å². The minimum absolute atomic E-state index is 0.0567. The van der Waals surface area contributed by atoms with Crippen LogP contribution in [0.4, 0.5) is 4.39 Å². The molecule has 1 amide bonds. The van der Waals surface area contributed by atoms with Gasteiger partial charge in [0.2, 0.25) is 5.90 Å². The molecule has 0 saturated heterocycles. The van der Waals surface area contributed by atoms with Gasteiger partial charge in [0.15, 0.2) is 11.6 Å². The van der Waals surface area contributed by atoms with Crippen molar-refractivity contribution in [3.8, 4) is 5.75 Å². The van der Waals surface area contributed by atoms with Gasteiger partial charge in [-0.25, -0.2) is 9.38 Å². The van der Waals surface area contributed by atoms with Crippen molar-refractivity contribution in [2.24, 2.45) is 4.99 Å². The molecule has 6 nitrogen and oxygen atoms in total. The number of nitrogens with one attached hydrogen (secondary N) is 1. The monoisotopic (exact) mass is 708 g/mol. The second kappa shape index (κ2) is 14.3. The molecule has 9 heteroatoms. The number of carbonyl (C=O) groups excluding carboxylic acids is 1. The van der Waals surface area contributed by atoms with Crippen LogP contribution in [0.1, 0.15) is 34.8 Å². The average molecular weight is 710 g/mol. The fraction of sp³-hybridized carbons (Fsp3) is 0.235. The van der Waals surface area contributed by atoms with Crippen LogP contribution in [0.3, 0.4) is 0 Å². The van der Waals surface area contributed by atoms with Crippen molar-refractivity contribution in [1.82, 2.24) is 5.32 Å². The molecule has 4 aromatic rings. The second-order valence-electron chi connectivity index (χ2n) is 10.2. The van der Waals surface area contributed by atoms with Crippen LogP contribution in [-0.2, 0) is 22.4 Å². The number of hydrogen-bond acceptors (Lipinski definition) is 5. The van der Waals surface area contributed by atoms with Crippen molar-refractivity contribution < 1.29 is 23.8 Å². The topological polar surface area (TPSA) is 80.2 Å². The molecular formula is C34H31Br2FN2O4. The fourth-order valence-electron chi connectivity index (χ4n) is 5.04. The van der Waals surface area contributed by atoms with Crippen LogP contribution in [-0.4, -0.2) is 42.2 Å². The Morgan fingerprint density at radius 3 is 2.30 bits per heavy atom. The van der Waals surface area contributed by atoms with Gasteiger partial charge in [-0.05, 0) is 60.0 Å². The lowest BCUT2D eigenvalue weighted by molar-refractivity contribution is -0.128. The summed E-state index contributed by atoms with van der Waals surface area (Å²) in [6.45, 7) is 0.686. The summed E-state index contributed by atoms with van der Waals surface area (Å²) < 4.78 is 28.2. The van der Waals surface area contributed by atoms with Crippen LogP contribution < -0.4 is 10.1 Å². The van der Waals surface area contributed by atoms with Crippen molar-refractivity contribution in [3.63, 3.8) is 0 Å². The van der Waals surface area contributed by atoms with E-state index in [1.54, 1.807) is 18.2 Å². The van der Waals surface area contributed by atoms with Gasteiger partial charge >= 0.3 is 0 Å². The van der Waals surface area contributed by atoms with Gasteiger partial charge < -0.3 is 19.9 Å². The molecule has 2 atom stereocenters. The molecule has 1 aliphatic rings. The normalized spacial score (nSPS) is 17.7. The molecule has 1 aliphatic heterocycles. The molecule has 0 aromatic heterocycles. The molecule has 43 heavy (non-hydrogen) atoms. The Balaban J connectivity index is 1.54. The van der Waals surface area contributed by atoms with Gasteiger partial charge in [-0.3, -0.25) is 4.79 Å². The first-order valence-corrected chi connectivity index (χ1v) is 15.6. The fourth-order valence-corrected chi connectivity index (χ4v) is 5.96. The standard InChI is InChI=1S/C34H31Br2FN2O4/c35-28-11-4-1-9-25(28)22-34(33(41)38-19-18-23-8-2-6-13-30(23)37)31(27-10-3-5-12-29(27)36)43-32(39-34)24-14-16-26(17-15-24)42-21-7-20-40/h1-6,8-17,31,40H,7,18-22H2,(H,38,41)/t31-,34-/m1/s1. The van der Waals surface area contributed by atoms with E-state index >= 15 is 0 Å². The summed E-state index contributed by atoms with van der Waals surface area (Å²) in [7, 11) is 0. The Labute approximate surface area is 267 Å². The number of carbonyl (C=O) groups is 1. The maximum atomic E-state index is 14.4. The first kappa shape index (κ1) is 30.9. The van der Waals surface area contributed by atoms with E-state index in [2.05, 4.69) is 37.2 Å². The van der Waals surface area contributed by atoms with Gasteiger partial charge in [-0.15, -0.1) is 0 Å². The highest BCUT2D eigenvalue weighted by molar-refractivity contribution is 9.10. The molecule has 0 bridgehead atoms. The van der Waals surface area contributed by atoms with Crippen molar-refractivity contribution in [2.75, 3.05) is 19.8 Å². The van der Waals surface area contributed by atoms with Crippen molar-refractivity contribution in [1.29, 1.82) is 0 Å². The van der Waals surface area contributed by atoms with Crippen molar-refractivity contribution >= 4 is 43.7 Å². The maximum Gasteiger partial charge on any atom is 0.252 e. The van der Waals surface area contributed by atoms with E-state index in [0.717, 1.165) is 20.1 Å². The Morgan fingerprint density at radius 1 is 0.930 bits per heavy atom. The first-order chi connectivity index (χ1) is 20.9. The van der Waals surface area contributed by atoms with E-state index in [1.165, 1.54) is 6.07 Å². The molecule has 0 unspecified atom stereocenters. The molecule has 0 aliphatic carbocycles. The number of ether oxygens (including phenoxy) is 2. The van der Waals surface area contributed by atoms with E-state index in [0.29, 0.717) is 42.2 Å². The molecule has 0 spiro atoms. The van der Waals surface area contributed by atoms with Crippen LogP contribution in [0.5, 0.6) is 5.75 Å². The number of benzene rings is 4. The molecule has 0 radical (unpaired) electrons. The van der Waals surface area contributed by atoms with Crippen LogP contribution in [0.2, 0.25) is 0 Å². The third-order valence-electron chi connectivity index (χ3n) is 7.27. The summed E-state index contributed by atoms with van der Waals surface area (Å²) in [5.41, 5.74) is 1.51. The first-order valence-electron chi connectivity index (χ1n) is 14.0. The minimum atomic E-state index is -1.38. The lowest BCUT2D eigenvalue weighted by Crippen LogP contribution is -2.50. The van der Waals surface area contributed by atoms with E-state index in [1.807, 2.05) is 72.8 Å². The Morgan fingerprint density at radius 2 is 1.60 bits per heavy atom. The largest absolute Gasteiger partial charge is 0.494 e. The van der Waals surface area contributed by atoms with E-state index in [-0.39, 0.29) is 31.3 Å². The molecule has 222 valence electrons. The number of hydrogen-bond donors (Lipinski definition) is 2. The highest BCUT2D eigenvalue weighted by Gasteiger charge is 2.54. The number of rotatable bonds is 12. The highest BCUT2D eigenvalue weighted by atomic mass is 79.9. The molecule has 0 fully saturated rings. The highest BCUT2D eigenvalue weighted by Crippen LogP contribution is 2.45. The van der Waals surface area contributed by atoms with E-state index < -0.39 is 11.6 Å². The molecule has 0 saturated carbocycles. The lowest BCUT2D eigenvalue weighted by atomic mass is 9.82. The summed E-state index contributed by atoms with van der Waals surface area (Å²) in [6, 6.07) is 29.2. The van der Waals surface area contributed by atoms with Gasteiger partial charge in [0.1, 0.15) is 11.6 Å². The summed E-state index contributed by atoms with van der Waals surface area (Å²) in [6.07, 6.45) is 0.351. The lowest BCUT2D eigenvalue weighted by Gasteiger charge is -2.31. The predicted molar refractivity (Wildman–Crippen MR) is 172 cm³/mol. The number of aliphatic hydroxyl groups is 1. The Kier molecular flexibility index (Phi) is 10.3. The summed E-state index contributed by atoms with van der Waals surface area (Å²) in [4.78, 5) is 19.4. The van der Waals surface area contributed by atoms with Crippen LogP contribution >= 0.6 is 31.9 Å². The maximum absolute atomic E-state index is 14.4. The Bertz CT molecular complexity index is 1600. The SMILES string of the molecule is O=C(NCCc1ccccc1F)[C@]1(Cc2ccccc2Br)N=C(c2ccc(OCCCO)cc2)O[C@@H]1c1ccccc1Br. The third-order valence-corrected chi connectivity index (χ3v) is 8.77. The summed E-state index contributed by atoms with van der Waals surface area (Å²) in [5, 5.41) is 12.1. The van der Waals surface area contributed by atoms with Crippen molar-refractivity contribution in [3.05, 3.63) is 134 Å². The third kappa shape index (κ3) is 7.17. The molecule has 5 rings (SSSR count). The summed E-state index contributed by atoms with van der Waals surface area (Å²) >= 11 is 7.32. The van der Waals surface area contributed by atoms with Crippen LogP contribution in [0, 0.1) is 5.82 Å². The smallest absolute Gasteiger partial charge is 0.252 e. The molecular weight excluding hydrogens is 679 g/mol. The zero-order valence-corrected chi connectivity index (χ0v) is 26.5. The quantitative estimate of drug-likeness (QED) is 0.156. The minimum Gasteiger partial charge on any atom is -0.494 e. The number of halogens is 3. The number of aliphatic hydroxyl groups excluding tert-OH is 1. The van der Waals surface area contributed by atoms with Gasteiger partial charge in [0.25, 0.3) is 5.91 Å². The van der Waals surface area contributed by atoms with Crippen molar-refractivity contribution in [2.45, 2.75) is 30.9 Å². The van der Waals surface area contributed by atoms with Crippen LogP contribution in [0.25, 0.3) is 0 Å². The van der Waals surface area contributed by atoms with Gasteiger partial charge in [-0.2, -0.15) is 0 Å². The molecule has 1 heterocycles.